The van der Waals surface area contributed by atoms with Gasteiger partial charge >= 0.3 is 12.0 Å². The van der Waals surface area contributed by atoms with Gasteiger partial charge in [-0.05, 0) is 12.8 Å². The first-order chi connectivity index (χ1) is 9.58. The van der Waals surface area contributed by atoms with Crippen molar-refractivity contribution in [3.63, 3.8) is 0 Å². The highest BCUT2D eigenvalue weighted by molar-refractivity contribution is 5.82. The molecule has 0 saturated heterocycles. The standard InChI is InChI=1S/C13H22N4O3/c1-3-5-6-10(12(18)19)17-13(20)16-9(4-2)11-14-7-8-15-11/h7-10H,3-6H2,1-2H3,(H,14,15)(H,18,19)(H2,16,17,20). The zero-order valence-corrected chi connectivity index (χ0v) is 11.8. The molecule has 112 valence electrons. The quantitative estimate of drug-likeness (QED) is 0.583. The Labute approximate surface area is 118 Å². The number of amides is 2. The number of carbonyl (C=O) groups is 2. The number of rotatable bonds is 8. The van der Waals surface area contributed by atoms with Crippen LogP contribution in [0.1, 0.15) is 51.4 Å². The van der Waals surface area contributed by atoms with Crippen LogP contribution in [0.2, 0.25) is 0 Å². The lowest BCUT2D eigenvalue weighted by atomic mass is 10.1. The van der Waals surface area contributed by atoms with Crippen molar-refractivity contribution in [2.24, 2.45) is 0 Å². The summed E-state index contributed by atoms with van der Waals surface area (Å²) in [5.41, 5.74) is 0. The van der Waals surface area contributed by atoms with Crippen LogP contribution in [0.4, 0.5) is 4.79 Å². The summed E-state index contributed by atoms with van der Waals surface area (Å²) in [4.78, 5) is 29.9. The average Bonchev–Trinajstić information content (AvgIpc) is 2.94. The number of hydrogen-bond acceptors (Lipinski definition) is 3. The van der Waals surface area contributed by atoms with Gasteiger partial charge in [-0.2, -0.15) is 0 Å². The minimum Gasteiger partial charge on any atom is -0.480 e. The third kappa shape index (κ3) is 4.91. The topological polar surface area (TPSA) is 107 Å². The minimum atomic E-state index is -1.01. The number of carbonyl (C=O) groups excluding carboxylic acids is 1. The molecule has 0 aromatic carbocycles. The second-order valence-electron chi connectivity index (χ2n) is 4.59. The highest BCUT2D eigenvalue weighted by Gasteiger charge is 2.21. The number of carboxylic acid groups (broad SMARTS) is 1. The molecule has 0 fully saturated rings. The monoisotopic (exact) mass is 282 g/mol. The SMILES string of the molecule is CCCCC(NC(=O)NC(CC)c1ncc[nH]1)C(=O)O. The third-order valence-electron chi connectivity index (χ3n) is 3.01. The van der Waals surface area contributed by atoms with Gasteiger partial charge in [0.1, 0.15) is 11.9 Å². The Morgan fingerprint density at radius 2 is 2.15 bits per heavy atom. The Hall–Kier alpha value is -2.05. The fourth-order valence-electron chi connectivity index (χ4n) is 1.86. The van der Waals surface area contributed by atoms with E-state index in [4.69, 9.17) is 5.11 Å². The average molecular weight is 282 g/mol. The van der Waals surface area contributed by atoms with Gasteiger partial charge in [-0.1, -0.05) is 26.7 Å². The van der Waals surface area contributed by atoms with Crippen LogP contribution in [-0.4, -0.2) is 33.1 Å². The zero-order chi connectivity index (χ0) is 15.0. The van der Waals surface area contributed by atoms with Crippen molar-refractivity contribution in [2.45, 2.75) is 51.6 Å². The van der Waals surface area contributed by atoms with E-state index >= 15 is 0 Å². The fraction of sp³-hybridized carbons (Fsp3) is 0.615. The second kappa shape index (κ2) is 8.19. The van der Waals surface area contributed by atoms with E-state index in [0.29, 0.717) is 18.7 Å². The molecule has 2 atom stereocenters. The van der Waals surface area contributed by atoms with E-state index < -0.39 is 18.0 Å². The lowest BCUT2D eigenvalue weighted by Gasteiger charge is -2.18. The van der Waals surface area contributed by atoms with Crippen LogP contribution < -0.4 is 10.6 Å². The molecule has 2 amide bonds. The van der Waals surface area contributed by atoms with Gasteiger partial charge in [0.05, 0.1) is 6.04 Å². The normalized spacial score (nSPS) is 13.5. The Morgan fingerprint density at radius 3 is 2.65 bits per heavy atom. The van der Waals surface area contributed by atoms with Gasteiger partial charge in [-0.3, -0.25) is 0 Å². The molecule has 20 heavy (non-hydrogen) atoms. The first kappa shape index (κ1) is 16.0. The number of nitrogens with one attached hydrogen (secondary N) is 3. The second-order valence-corrected chi connectivity index (χ2v) is 4.59. The van der Waals surface area contributed by atoms with Gasteiger partial charge < -0.3 is 20.7 Å². The van der Waals surface area contributed by atoms with E-state index in [-0.39, 0.29) is 6.04 Å². The number of nitrogens with zero attached hydrogens (tertiary/aromatic N) is 1. The molecule has 4 N–H and O–H groups in total. The number of imidazole rings is 1. The van der Waals surface area contributed by atoms with Gasteiger partial charge in [0.2, 0.25) is 0 Å². The lowest BCUT2D eigenvalue weighted by molar-refractivity contribution is -0.139. The van der Waals surface area contributed by atoms with Crippen molar-refractivity contribution in [2.75, 3.05) is 0 Å². The van der Waals surface area contributed by atoms with Crippen LogP contribution in [0.15, 0.2) is 12.4 Å². The number of carboxylic acids is 1. The Morgan fingerprint density at radius 1 is 1.40 bits per heavy atom. The summed E-state index contributed by atoms with van der Waals surface area (Å²) in [6.07, 6.45) is 6.02. The molecule has 0 bridgehead atoms. The number of hydrogen-bond donors (Lipinski definition) is 4. The van der Waals surface area contributed by atoms with Crippen LogP contribution in [0.3, 0.4) is 0 Å². The van der Waals surface area contributed by atoms with Crippen molar-refractivity contribution in [3.05, 3.63) is 18.2 Å². The van der Waals surface area contributed by atoms with E-state index in [0.717, 1.165) is 12.8 Å². The fourth-order valence-corrected chi connectivity index (χ4v) is 1.86. The molecule has 0 radical (unpaired) electrons. The lowest BCUT2D eigenvalue weighted by Crippen LogP contribution is -2.47. The maximum atomic E-state index is 11.9. The summed E-state index contributed by atoms with van der Waals surface area (Å²) >= 11 is 0. The number of H-pyrrole nitrogens is 1. The molecule has 0 spiro atoms. The van der Waals surface area contributed by atoms with Crippen molar-refractivity contribution < 1.29 is 14.7 Å². The van der Waals surface area contributed by atoms with Crippen LogP contribution >= 0.6 is 0 Å². The molecule has 0 aliphatic heterocycles. The first-order valence-corrected chi connectivity index (χ1v) is 6.87. The predicted octanol–water partition coefficient (Wildman–Crippen LogP) is 1.80. The maximum absolute atomic E-state index is 11.9. The largest absolute Gasteiger partial charge is 0.480 e. The number of urea groups is 1. The van der Waals surface area contributed by atoms with Crippen molar-refractivity contribution >= 4 is 12.0 Å². The van der Waals surface area contributed by atoms with Gasteiger partial charge in [0, 0.05) is 12.4 Å². The summed E-state index contributed by atoms with van der Waals surface area (Å²) < 4.78 is 0. The third-order valence-corrected chi connectivity index (χ3v) is 3.01. The summed E-state index contributed by atoms with van der Waals surface area (Å²) in [7, 11) is 0. The van der Waals surface area contributed by atoms with E-state index in [1.165, 1.54) is 0 Å². The van der Waals surface area contributed by atoms with E-state index in [1.54, 1.807) is 12.4 Å². The number of aromatic nitrogens is 2. The molecular formula is C13H22N4O3. The first-order valence-electron chi connectivity index (χ1n) is 6.87. The molecule has 0 aliphatic rings. The van der Waals surface area contributed by atoms with E-state index in [1.807, 2.05) is 13.8 Å². The molecule has 2 unspecified atom stereocenters. The Kier molecular flexibility index (Phi) is 6.55. The predicted molar refractivity (Wildman–Crippen MR) is 74.2 cm³/mol. The maximum Gasteiger partial charge on any atom is 0.326 e. The number of aliphatic carboxylic acids is 1. The van der Waals surface area contributed by atoms with Crippen LogP contribution in [0.25, 0.3) is 0 Å². The highest BCUT2D eigenvalue weighted by atomic mass is 16.4. The summed E-state index contributed by atoms with van der Waals surface area (Å²) in [5, 5.41) is 14.3. The summed E-state index contributed by atoms with van der Waals surface area (Å²) in [6, 6.07) is -1.61. The van der Waals surface area contributed by atoms with E-state index in [2.05, 4.69) is 20.6 Å². The van der Waals surface area contributed by atoms with Gasteiger partial charge in [0.25, 0.3) is 0 Å². The molecule has 7 nitrogen and oxygen atoms in total. The molecule has 1 aromatic heterocycles. The molecule has 1 heterocycles. The molecule has 0 saturated carbocycles. The van der Waals surface area contributed by atoms with E-state index in [9.17, 15) is 9.59 Å². The van der Waals surface area contributed by atoms with Gasteiger partial charge in [-0.15, -0.1) is 0 Å². The molecule has 7 heteroatoms. The smallest absolute Gasteiger partial charge is 0.326 e. The number of aromatic amines is 1. The Bertz CT molecular complexity index is 419. The molecular weight excluding hydrogens is 260 g/mol. The van der Waals surface area contributed by atoms with Crippen molar-refractivity contribution in [1.29, 1.82) is 0 Å². The number of unbranched alkanes of at least 4 members (excludes halogenated alkanes) is 1. The van der Waals surface area contributed by atoms with Gasteiger partial charge in [-0.25, -0.2) is 14.6 Å². The van der Waals surface area contributed by atoms with Crippen molar-refractivity contribution in [1.82, 2.24) is 20.6 Å². The summed E-state index contributed by atoms with van der Waals surface area (Å²) in [6.45, 7) is 3.89. The zero-order valence-electron chi connectivity index (χ0n) is 11.8. The van der Waals surface area contributed by atoms with Crippen LogP contribution in [-0.2, 0) is 4.79 Å². The minimum absolute atomic E-state index is 0.259. The summed E-state index contributed by atoms with van der Waals surface area (Å²) in [5.74, 6) is -0.359. The molecule has 1 aromatic rings. The highest BCUT2D eigenvalue weighted by Crippen LogP contribution is 2.11. The molecule has 0 aliphatic carbocycles. The van der Waals surface area contributed by atoms with Crippen LogP contribution in [0, 0.1) is 0 Å². The van der Waals surface area contributed by atoms with Gasteiger partial charge in [0.15, 0.2) is 0 Å². The Balaban J connectivity index is 2.53. The van der Waals surface area contributed by atoms with Crippen LogP contribution in [0.5, 0.6) is 0 Å². The van der Waals surface area contributed by atoms with Crippen molar-refractivity contribution in [3.8, 4) is 0 Å². The molecule has 1 rings (SSSR count).